The van der Waals surface area contributed by atoms with Gasteiger partial charge in [0.15, 0.2) is 11.6 Å². The van der Waals surface area contributed by atoms with E-state index in [1.165, 1.54) is 0 Å². The van der Waals surface area contributed by atoms with Gasteiger partial charge >= 0.3 is 12.1 Å². The summed E-state index contributed by atoms with van der Waals surface area (Å²) < 4.78 is 16.9. The Labute approximate surface area is 237 Å². The van der Waals surface area contributed by atoms with Crippen molar-refractivity contribution in [2.24, 2.45) is 23.5 Å². The van der Waals surface area contributed by atoms with Gasteiger partial charge in [0, 0.05) is 45.4 Å². The SMILES string of the molecule is CC(N)C(=O)[C@@H](NC(=O)N1CCCC1)C1CCOC(CC(C)C(=O)C(NC(=O)N2CCOC2)C2CCOCC2)C1. The minimum atomic E-state index is -0.699. The molecule has 0 saturated carbocycles. The minimum absolute atomic E-state index is 0.00466. The fourth-order valence-corrected chi connectivity index (χ4v) is 6.31. The second kappa shape index (κ2) is 14.6. The number of ketones is 2. The molecule has 0 radical (unpaired) electrons. The van der Waals surface area contributed by atoms with E-state index in [0.717, 1.165) is 12.8 Å². The molecule has 0 aromatic carbocycles. The van der Waals surface area contributed by atoms with Crippen LogP contribution in [-0.2, 0) is 23.8 Å². The molecule has 12 heteroatoms. The molecule has 0 aromatic heterocycles. The molecule has 0 aromatic rings. The van der Waals surface area contributed by atoms with Crippen LogP contribution in [-0.4, -0.2) is 110 Å². The molecule has 4 rings (SSSR count). The van der Waals surface area contributed by atoms with Crippen molar-refractivity contribution < 1.29 is 33.4 Å². The average molecular weight is 566 g/mol. The van der Waals surface area contributed by atoms with E-state index in [0.29, 0.717) is 78.2 Å². The Hall–Kier alpha value is -2.28. The molecule has 0 bridgehead atoms. The fraction of sp³-hybridized carbons (Fsp3) is 0.857. The van der Waals surface area contributed by atoms with Gasteiger partial charge in [0.25, 0.3) is 0 Å². The van der Waals surface area contributed by atoms with E-state index in [9.17, 15) is 19.2 Å². The van der Waals surface area contributed by atoms with Crippen LogP contribution in [0.3, 0.4) is 0 Å². The zero-order valence-corrected chi connectivity index (χ0v) is 24.0. The number of hydrogen-bond donors (Lipinski definition) is 3. The molecule has 226 valence electrons. The van der Waals surface area contributed by atoms with E-state index >= 15 is 0 Å². The van der Waals surface area contributed by atoms with Crippen molar-refractivity contribution in [2.45, 2.75) is 83.0 Å². The quantitative estimate of drug-likeness (QED) is 0.358. The van der Waals surface area contributed by atoms with Gasteiger partial charge in [0.05, 0.1) is 30.8 Å². The molecule has 0 spiro atoms. The number of nitrogens with one attached hydrogen (secondary N) is 2. The van der Waals surface area contributed by atoms with E-state index in [2.05, 4.69) is 10.6 Å². The molecule has 4 aliphatic heterocycles. The molecule has 4 fully saturated rings. The van der Waals surface area contributed by atoms with Gasteiger partial charge in [0.1, 0.15) is 6.73 Å². The van der Waals surface area contributed by atoms with Crippen molar-refractivity contribution in [1.29, 1.82) is 0 Å². The summed E-state index contributed by atoms with van der Waals surface area (Å²) in [5.41, 5.74) is 5.97. The van der Waals surface area contributed by atoms with Crippen LogP contribution in [0, 0.1) is 17.8 Å². The third kappa shape index (κ3) is 7.92. The van der Waals surface area contributed by atoms with Crippen molar-refractivity contribution >= 4 is 23.6 Å². The number of likely N-dealkylation sites (tertiary alicyclic amines) is 1. The molecule has 40 heavy (non-hydrogen) atoms. The van der Waals surface area contributed by atoms with Gasteiger partial charge in [-0.3, -0.25) is 14.5 Å². The zero-order chi connectivity index (χ0) is 28.6. The van der Waals surface area contributed by atoms with Gasteiger partial charge in [-0.2, -0.15) is 0 Å². The van der Waals surface area contributed by atoms with Gasteiger partial charge in [-0.25, -0.2) is 9.59 Å². The molecular formula is C28H47N5O7. The Kier molecular flexibility index (Phi) is 11.2. The highest BCUT2D eigenvalue weighted by molar-refractivity contribution is 5.92. The number of carbonyl (C=O) groups excluding carboxylic acids is 4. The highest BCUT2D eigenvalue weighted by atomic mass is 16.5. The first-order chi connectivity index (χ1) is 19.2. The smallest absolute Gasteiger partial charge is 0.319 e. The number of Topliss-reactive ketones (excluding diaryl/α,β-unsaturated/α-hetero) is 2. The van der Waals surface area contributed by atoms with Crippen LogP contribution in [0.25, 0.3) is 0 Å². The molecule has 4 amide bonds. The molecule has 0 aliphatic carbocycles. The molecule has 5 unspecified atom stereocenters. The number of ether oxygens (including phenoxy) is 3. The van der Waals surface area contributed by atoms with E-state index in [1.54, 1.807) is 16.7 Å². The molecular weight excluding hydrogens is 518 g/mol. The summed E-state index contributed by atoms with van der Waals surface area (Å²) in [4.78, 5) is 55.9. The number of urea groups is 2. The van der Waals surface area contributed by atoms with Gasteiger partial charge in [-0.05, 0) is 63.7 Å². The van der Waals surface area contributed by atoms with E-state index in [1.807, 2.05) is 6.92 Å². The third-order valence-corrected chi connectivity index (χ3v) is 8.77. The summed E-state index contributed by atoms with van der Waals surface area (Å²) in [5.74, 6) is -0.696. The van der Waals surface area contributed by atoms with Crippen molar-refractivity contribution in [1.82, 2.24) is 20.4 Å². The normalized spacial score (nSPS) is 27.1. The van der Waals surface area contributed by atoms with Gasteiger partial charge < -0.3 is 35.5 Å². The lowest BCUT2D eigenvalue weighted by Gasteiger charge is -2.37. The molecule has 6 atom stereocenters. The Balaban J connectivity index is 1.39. The molecule has 12 nitrogen and oxygen atoms in total. The third-order valence-electron chi connectivity index (χ3n) is 8.77. The number of rotatable bonds is 10. The summed E-state index contributed by atoms with van der Waals surface area (Å²) in [6, 6.07) is -2.51. The number of nitrogens with zero attached hydrogens (tertiary/aromatic N) is 2. The molecule has 4 aliphatic rings. The van der Waals surface area contributed by atoms with E-state index < -0.39 is 18.1 Å². The predicted molar refractivity (Wildman–Crippen MR) is 146 cm³/mol. The lowest BCUT2D eigenvalue weighted by molar-refractivity contribution is -0.130. The van der Waals surface area contributed by atoms with Crippen molar-refractivity contribution in [3.63, 3.8) is 0 Å². The predicted octanol–water partition coefficient (Wildman–Crippen LogP) is 1.26. The van der Waals surface area contributed by atoms with E-state index in [-0.39, 0.29) is 54.2 Å². The van der Waals surface area contributed by atoms with Crippen LogP contribution in [0.5, 0.6) is 0 Å². The topological polar surface area (TPSA) is 153 Å². The van der Waals surface area contributed by atoms with Crippen LogP contribution >= 0.6 is 0 Å². The van der Waals surface area contributed by atoms with Crippen LogP contribution < -0.4 is 16.4 Å². The summed E-state index contributed by atoms with van der Waals surface area (Å²) >= 11 is 0. The van der Waals surface area contributed by atoms with Crippen molar-refractivity contribution in [2.75, 3.05) is 52.8 Å². The maximum atomic E-state index is 13.8. The number of hydrogen-bond acceptors (Lipinski definition) is 8. The summed E-state index contributed by atoms with van der Waals surface area (Å²) in [6.07, 6.45) is 4.73. The molecule has 4 N–H and O–H groups in total. The fourth-order valence-electron chi connectivity index (χ4n) is 6.31. The zero-order valence-electron chi connectivity index (χ0n) is 24.0. The Morgan fingerprint density at radius 3 is 2.05 bits per heavy atom. The average Bonchev–Trinajstić information content (AvgIpc) is 3.69. The van der Waals surface area contributed by atoms with Gasteiger partial charge in [-0.1, -0.05) is 6.92 Å². The maximum Gasteiger partial charge on any atom is 0.319 e. The first-order valence-corrected chi connectivity index (χ1v) is 15.0. The Morgan fingerprint density at radius 2 is 1.43 bits per heavy atom. The Bertz CT molecular complexity index is 884. The summed E-state index contributed by atoms with van der Waals surface area (Å²) in [5, 5.41) is 5.98. The first kappa shape index (κ1) is 30.7. The van der Waals surface area contributed by atoms with Gasteiger partial charge in [-0.15, -0.1) is 0 Å². The minimum Gasteiger partial charge on any atom is -0.381 e. The van der Waals surface area contributed by atoms with Crippen molar-refractivity contribution in [3.05, 3.63) is 0 Å². The van der Waals surface area contributed by atoms with Crippen LogP contribution in [0.15, 0.2) is 0 Å². The number of amides is 4. The number of carbonyl (C=O) groups is 4. The molecule has 4 heterocycles. The number of nitrogens with two attached hydrogens (primary N) is 1. The largest absolute Gasteiger partial charge is 0.381 e. The highest BCUT2D eigenvalue weighted by Gasteiger charge is 2.39. The van der Waals surface area contributed by atoms with E-state index in [4.69, 9.17) is 19.9 Å². The standard InChI is InChI=1S/C28H47N5O7/c1-18(25(34)23(20-5-11-38-12-6-20)30-28(37)33-10-14-39-17-33)15-22-16-21(7-13-40-22)24(26(35)19(2)29)31-27(36)32-8-3-4-9-32/h18-24H,3-17,29H2,1-2H3,(H,30,37)(H,31,36)/t18?,19?,21?,22?,23?,24-/m0/s1. The Morgan fingerprint density at radius 1 is 0.800 bits per heavy atom. The second-order valence-corrected chi connectivity index (χ2v) is 11.8. The highest BCUT2D eigenvalue weighted by Crippen LogP contribution is 2.30. The first-order valence-electron chi connectivity index (χ1n) is 15.0. The lowest BCUT2D eigenvalue weighted by atomic mass is 9.80. The van der Waals surface area contributed by atoms with Crippen LogP contribution in [0.2, 0.25) is 0 Å². The van der Waals surface area contributed by atoms with Crippen molar-refractivity contribution in [3.8, 4) is 0 Å². The summed E-state index contributed by atoms with van der Waals surface area (Å²) in [7, 11) is 0. The van der Waals surface area contributed by atoms with Crippen LogP contribution in [0.1, 0.15) is 58.8 Å². The summed E-state index contributed by atoms with van der Waals surface area (Å²) in [6.45, 7) is 7.70. The van der Waals surface area contributed by atoms with Gasteiger partial charge in [0.2, 0.25) is 0 Å². The maximum absolute atomic E-state index is 13.8. The monoisotopic (exact) mass is 565 g/mol. The molecule has 4 saturated heterocycles. The van der Waals surface area contributed by atoms with Crippen LogP contribution in [0.4, 0.5) is 9.59 Å². The lowest BCUT2D eigenvalue weighted by Crippen LogP contribution is -2.55. The second-order valence-electron chi connectivity index (χ2n) is 11.8.